The van der Waals surface area contributed by atoms with E-state index < -0.39 is 83.5 Å². The zero-order chi connectivity index (χ0) is 45.3. The van der Waals surface area contributed by atoms with Gasteiger partial charge in [-0.3, -0.25) is 4.79 Å². The SMILES string of the molecule is CC(C)(C)OC(=O)NCCCC(=O)N[C@@H]1C[C@H](NC(=O)OC(C)(C)C)[C@@H](O[C@@H]2CCC=C(CNCC3CCCN3C(=O)OC(C)(C)C)O2)[C@H](O)[C@H]1O[C@H]1CC[C@](C)(O)C[C@H]1O. The van der Waals surface area contributed by atoms with Gasteiger partial charge in [-0.05, 0) is 120 Å². The monoisotopic (exact) mass is 870 g/mol. The molecule has 0 bridgehead atoms. The number of carbonyl (C=O) groups excluding carboxylic acids is 4. The number of hydrogen-bond donors (Lipinski definition) is 7. The summed E-state index contributed by atoms with van der Waals surface area (Å²) in [6.07, 6.45) is -2.17. The molecule has 1 unspecified atom stereocenters. The molecule has 4 amide bonds. The Labute approximate surface area is 361 Å². The van der Waals surface area contributed by atoms with Gasteiger partial charge in [-0.2, -0.15) is 0 Å². The highest BCUT2D eigenvalue weighted by atomic mass is 16.7. The van der Waals surface area contributed by atoms with E-state index in [2.05, 4.69) is 21.3 Å². The summed E-state index contributed by atoms with van der Waals surface area (Å²) >= 11 is 0. The molecule has 0 spiro atoms. The van der Waals surface area contributed by atoms with E-state index in [-0.39, 0.29) is 43.8 Å². The van der Waals surface area contributed by atoms with E-state index in [1.165, 1.54) is 0 Å². The fraction of sp³-hybridized carbons (Fsp3) is 0.860. The average Bonchev–Trinajstić information content (AvgIpc) is 3.57. The highest BCUT2D eigenvalue weighted by Gasteiger charge is 2.50. The lowest BCUT2D eigenvalue weighted by atomic mass is 9.81. The maximum absolute atomic E-state index is 13.4. The minimum absolute atomic E-state index is 0.0208. The first-order valence-corrected chi connectivity index (χ1v) is 22.0. The molecule has 350 valence electrons. The van der Waals surface area contributed by atoms with Crippen molar-refractivity contribution in [2.75, 3.05) is 26.2 Å². The van der Waals surface area contributed by atoms with Crippen LogP contribution in [0.2, 0.25) is 0 Å². The van der Waals surface area contributed by atoms with Crippen molar-refractivity contribution in [1.82, 2.24) is 26.2 Å². The van der Waals surface area contributed by atoms with Crippen LogP contribution < -0.4 is 21.3 Å². The van der Waals surface area contributed by atoms with Crippen molar-refractivity contribution in [3.63, 3.8) is 0 Å². The molecule has 0 radical (unpaired) electrons. The van der Waals surface area contributed by atoms with Crippen LogP contribution in [0, 0.1) is 0 Å². The zero-order valence-corrected chi connectivity index (χ0v) is 38.0. The molecule has 7 N–H and O–H groups in total. The van der Waals surface area contributed by atoms with Gasteiger partial charge in [0.25, 0.3) is 0 Å². The van der Waals surface area contributed by atoms with Gasteiger partial charge < -0.3 is 69.9 Å². The minimum atomic E-state index is -1.44. The molecule has 0 aromatic carbocycles. The summed E-state index contributed by atoms with van der Waals surface area (Å²) in [5.41, 5.74) is -3.19. The molecule has 2 aliphatic heterocycles. The molecule has 0 aromatic rings. The molecule has 10 atom stereocenters. The third-order valence-electron chi connectivity index (χ3n) is 10.7. The van der Waals surface area contributed by atoms with E-state index in [1.807, 2.05) is 26.8 Å². The molecule has 61 heavy (non-hydrogen) atoms. The van der Waals surface area contributed by atoms with Crippen LogP contribution >= 0.6 is 0 Å². The minimum Gasteiger partial charge on any atom is -0.468 e. The molecule has 2 aliphatic carbocycles. The van der Waals surface area contributed by atoms with Crippen LogP contribution in [-0.4, -0.2) is 148 Å². The van der Waals surface area contributed by atoms with Crippen LogP contribution in [0.3, 0.4) is 0 Å². The van der Waals surface area contributed by atoms with Gasteiger partial charge in [-0.25, -0.2) is 14.4 Å². The van der Waals surface area contributed by atoms with Gasteiger partial charge in [-0.1, -0.05) is 0 Å². The van der Waals surface area contributed by atoms with Gasteiger partial charge in [-0.15, -0.1) is 0 Å². The van der Waals surface area contributed by atoms with Crippen LogP contribution in [0.5, 0.6) is 0 Å². The first-order valence-electron chi connectivity index (χ1n) is 22.0. The molecule has 3 fully saturated rings. The Morgan fingerprint density at radius 2 is 1.51 bits per heavy atom. The maximum Gasteiger partial charge on any atom is 0.410 e. The Morgan fingerprint density at radius 3 is 2.16 bits per heavy atom. The van der Waals surface area contributed by atoms with Gasteiger partial charge in [0.2, 0.25) is 5.91 Å². The second-order valence-electron chi connectivity index (χ2n) is 20.1. The van der Waals surface area contributed by atoms with E-state index in [4.69, 9.17) is 28.4 Å². The van der Waals surface area contributed by atoms with Crippen LogP contribution in [-0.2, 0) is 33.2 Å². The molecule has 1 saturated heterocycles. The number of carbonyl (C=O) groups is 4. The van der Waals surface area contributed by atoms with E-state index in [0.717, 1.165) is 12.8 Å². The van der Waals surface area contributed by atoms with Crippen molar-refractivity contribution in [2.45, 2.75) is 211 Å². The lowest BCUT2D eigenvalue weighted by Gasteiger charge is -2.48. The summed E-state index contributed by atoms with van der Waals surface area (Å²) in [6, 6.07) is -1.78. The molecule has 2 heterocycles. The standard InChI is InChI=1S/C43H75N5O13/c1-40(2,3)59-37(52)45-20-12-16-32(50)46-28-22-29(47-38(53)60-41(4,5)6)36(34(51)35(28)57-31-18-19-43(10,55)23-30(31)49)58-33-17-11-15-27(56-33)25-44-24-26-14-13-21-48(26)39(54)61-42(7,8)9/h15,26,28-31,33-36,44,49,51,55H,11-14,16-25H2,1-10H3,(H,45,52)(H,46,50)(H,47,53)/t26?,28-,29+,30-,31+,33-,34-,35+,36-,43+/m1/s1. The van der Waals surface area contributed by atoms with Crippen LogP contribution in [0.25, 0.3) is 0 Å². The number of aliphatic hydroxyl groups excluding tert-OH is 2. The summed E-state index contributed by atoms with van der Waals surface area (Å²) in [4.78, 5) is 53.4. The Kier molecular flexibility index (Phi) is 17.5. The average molecular weight is 870 g/mol. The second-order valence-corrected chi connectivity index (χ2v) is 20.1. The largest absolute Gasteiger partial charge is 0.468 e. The number of nitrogens with one attached hydrogen (secondary N) is 4. The summed E-state index contributed by atoms with van der Waals surface area (Å²) in [6.45, 7) is 19.3. The Morgan fingerprint density at radius 1 is 0.869 bits per heavy atom. The topological polar surface area (TPSA) is 236 Å². The Hall–Kier alpha value is -3.42. The van der Waals surface area contributed by atoms with E-state index in [1.54, 1.807) is 53.4 Å². The predicted molar refractivity (Wildman–Crippen MR) is 224 cm³/mol. The van der Waals surface area contributed by atoms with Crippen LogP contribution in [0.1, 0.15) is 133 Å². The van der Waals surface area contributed by atoms with Gasteiger partial charge >= 0.3 is 18.3 Å². The Balaban J connectivity index is 1.47. The van der Waals surface area contributed by atoms with Crippen molar-refractivity contribution in [3.05, 3.63) is 11.8 Å². The second kappa shape index (κ2) is 21.3. The number of amides is 4. The lowest BCUT2D eigenvalue weighted by molar-refractivity contribution is -0.237. The fourth-order valence-corrected chi connectivity index (χ4v) is 8.03. The number of hydrogen-bond acceptors (Lipinski definition) is 14. The number of nitrogens with zero attached hydrogens (tertiary/aromatic N) is 1. The zero-order valence-electron chi connectivity index (χ0n) is 38.0. The summed E-state index contributed by atoms with van der Waals surface area (Å²) < 4.78 is 35.8. The number of rotatable bonds is 14. The van der Waals surface area contributed by atoms with Gasteiger partial charge in [0, 0.05) is 44.9 Å². The smallest absolute Gasteiger partial charge is 0.410 e. The van der Waals surface area contributed by atoms with Gasteiger partial charge in [0.05, 0.1) is 36.4 Å². The van der Waals surface area contributed by atoms with Crippen molar-refractivity contribution < 1.29 is 62.9 Å². The van der Waals surface area contributed by atoms with Gasteiger partial charge in [0.15, 0.2) is 6.29 Å². The molecular formula is C43H75N5O13. The first-order chi connectivity index (χ1) is 28.3. The van der Waals surface area contributed by atoms with Crippen molar-refractivity contribution in [1.29, 1.82) is 0 Å². The number of alkyl carbamates (subject to hydrolysis) is 2. The fourth-order valence-electron chi connectivity index (χ4n) is 8.03. The summed E-state index contributed by atoms with van der Waals surface area (Å²) in [7, 11) is 0. The summed E-state index contributed by atoms with van der Waals surface area (Å²) in [5.74, 6) is 0.237. The number of likely N-dealkylation sites (tertiary alicyclic amines) is 1. The van der Waals surface area contributed by atoms with Gasteiger partial charge in [0.1, 0.15) is 40.9 Å². The molecule has 18 heteroatoms. The van der Waals surface area contributed by atoms with E-state index in [0.29, 0.717) is 57.5 Å². The molecule has 4 aliphatic rings. The van der Waals surface area contributed by atoms with Crippen LogP contribution in [0.4, 0.5) is 14.4 Å². The number of ether oxygens (including phenoxy) is 6. The number of allylic oxidation sites excluding steroid dienone is 1. The van der Waals surface area contributed by atoms with Crippen molar-refractivity contribution >= 4 is 24.2 Å². The van der Waals surface area contributed by atoms with Crippen LogP contribution in [0.15, 0.2) is 11.8 Å². The third kappa shape index (κ3) is 17.0. The molecule has 2 saturated carbocycles. The van der Waals surface area contributed by atoms with E-state index in [9.17, 15) is 34.5 Å². The Bertz CT molecular complexity index is 1510. The molecule has 0 aromatic heterocycles. The molecule has 4 rings (SSSR count). The summed E-state index contributed by atoms with van der Waals surface area (Å²) in [5, 5.41) is 45.8. The van der Waals surface area contributed by atoms with Crippen molar-refractivity contribution in [3.8, 4) is 0 Å². The highest BCUT2D eigenvalue weighted by Crippen LogP contribution is 2.35. The lowest BCUT2D eigenvalue weighted by Crippen LogP contribution is -2.67. The normalized spacial score (nSPS) is 31.0. The third-order valence-corrected chi connectivity index (χ3v) is 10.7. The van der Waals surface area contributed by atoms with Crippen molar-refractivity contribution in [2.24, 2.45) is 0 Å². The predicted octanol–water partition coefficient (Wildman–Crippen LogP) is 3.88. The molecular weight excluding hydrogens is 794 g/mol. The molecule has 18 nitrogen and oxygen atoms in total. The highest BCUT2D eigenvalue weighted by molar-refractivity contribution is 5.76. The van der Waals surface area contributed by atoms with E-state index >= 15 is 0 Å². The first kappa shape index (κ1) is 50.2. The number of aliphatic hydroxyl groups is 3. The maximum atomic E-state index is 13.4. The quantitative estimate of drug-likeness (QED) is 0.0970.